The third-order valence-corrected chi connectivity index (χ3v) is 4.59. The average molecular weight is 312 g/mol. The van der Waals surface area contributed by atoms with Gasteiger partial charge in [0.05, 0.1) is 6.10 Å². The van der Waals surface area contributed by atoms with Gasteiger partial charge in [0.2, 0.25) is 0 Å². The Morgan fingerprint density at radius 1 is 1.04 bits per heavy atom. The second kappa shape index (κ2) is 7.47. The van der Waals surface area contributed by atoms with Gasteiger partial charge in [-0.3, -0.25) is 0 Å². The van der Waals surface area contributed by atoms with Gasteiger partial charge in [-0.2, -0.15) is 0 Å². The van der Waals surface area contributed by atoms with E-state index in [2.05, 4.69) is 41.0 Å². The fourth-order valence-corrected chi connectivity index (χ4v) is 3.28. The van der Waals surface area contributed by atoms with Crippen LogP contribution in [0, 0.1) is 0 Å². The smallest absolute Gasteiger partial charge is 0.315 e. The maximum absolute atomic E-state index is 12.0. The number of rotatable bonds is 4. The first kappa shape index (κ1) is 15.8. The largest absolute Gasteiger partial charge is 0.393 e. The quantitative estimate of drug-likeness (QED) is 0.813. The van der Waals surface area contributed by atoms with Crippen molar-refractivity contribution in [1.29, 1.82) is 0 Å². The molecule has 2 amide bonds. The molecule has 4 nitrogen and oxygen atoms in total. The van der Waals surface area contributed by atoms with Crippen molar-refractivity contribution in [1.82, 2.24) is 10.6 Å². The average Bonchev–Trinajstić information content (AvgIpc) is 2.57. The van der Waals surface area contributed by atoms with Gasteiger partial charge in [-0.1, -0.05) is 42.5 Å². The highest BCUT2D eigenvalue weighted by Gasteiger charge is 2.20. The van der Waals surface area contributed by atoms with Crippen molar-refractivity contribution >= 4 is 16.8 Å². The first-order chi connectivity index (χ1) is 11.2. The monoisotopic (exact) mass is 312 g/mol. The van der Waals surface area contributed by atoms with E-state index in [0.29, 0.717) is 6.54 Å². The minimum absolute atomic E-state index is 0.105. The van der Waals surface area contributed by atoms with E-state index >= 15 is 0 Å². The number of aliphatic hydroxyl groups excluding tert-OH is 1. The number of carbonyl (C=O) groups is 1. The lowest BCUT2D eigenvalue weighted by Crippen LogP contribution is -2.44. The van der Waals surface area contributed by atoms with Gasteiger partial charge in [-0.25, -0.2) is 4.79 Å². The van der Waals surface area contributed by atoms with Crippen molar-refractivity contribution < 1.29 is 9.90 Å². The number of urea groups is 1. The van der Waals surface area contributed by atoms with Crippen LogP contribution in [0.5, 0.6) is 0 Å². The molecule has 0 bridgehead atoms. The van der Waals surface area contributed by atoms with E-state index in [0.717, 1.165) is 32.1 Å². The Morgan fingerprint density at radius 2 is 1.78 bits per heavy atom. The molecule has 0 atom stereocenters. The van der Waals surface area contributed by atoms with Crippen molar-refractivity contribution in [2.75, 3.05) is 6.54 Å². The van der Waals surface area contributed by atoms with E-state index in [9.17, 15) is 9.90 Å². The second-order valence-corrected chi connectivity index (χ2v) is 6.29. The van der Waals surface area contributed by atoms with Gasteiger partial charge < -0.3 is 15.7 Å². The first-order valence-corrected chi connectivity index (χ1v) is 8.41. The van der Waals surface area contributed by atoms with Crippen LogP contribution in [0.3, 0.4) is 0 Å². The normalized spacial score (nSPS) is 21.1. The molecule has 0 heterocycles. The van der Waals surface area contributed by atoms with Gasteiger partial charge in [0.15, 0.2) is 0 Å². The van der Waals surface area contributed by atoms with Crippen LogP contribution in [0.2, 0.25) is 0 Å². The molecule has 0 unspecified atom stereocenters. The summed E-state index contributed by atoms with van der Waals surface area (Å²) < 4.78 is 0. The maximum atomic E-state index is 12.0. The first-order valence-electron chi connectivity index (χ1n) is 8.41. The number of nitrogens with one attached hydrogen (secondary N) is 2. The molecular weight excluding hydrogens is 288 g/mol. The molecule has 3 N–H and O–H groups in total. The summed E-state index contributed by atoms with van der Waals surface area (Å²) in [5.74, 6) is 0. The number of hydrogen-bond donors (Lipinski definition) is 3. The second-order valence-electron chi connectivity index (χ2n) is 6.29. The number of hydrogen-bond acceptors (Lipinski definition) is 2. The van der Waals surface area contributed by atoms with E-state index < -0.39 is 0 Å². The predicted octanol–water partition coefficient (Wildman–Crippen LogP) is 2.99. The van der Waals surface area contributed by atoms with E-state index in [-0.39, 0.29) is 18.2 Å². The molecular formula is C19H24N2O2. The van der Waals surface area contributed by atoms with E-state index in [1.807, 2.05) is 12.1 Å². The summed E-state index contributed by atoms with van der Waals surface area (Å²) in [6.45, 7) is 0.620. The minimum atomic E-state index is -0.192. The molecule has 1 fully saturated rings. The van der Waals surface area contributed by atoms with Gasteiger partial charge >= 0.3 is 6.03 Å². The van der Waals surface area contributed by atoms with Crippen LogP contribution in [0.25, 0.3) is 10.8 Å². The predicted molar refractivity (Wildman–Crippen MR) is 92.4 cm³/mol. The zero-order valence-electron chi connectivity index (χ0n) is 13.3. The lowest BCUT2D eigenvalue weighted by molar-refractivity contribution is 0.117. The lowest BCUT2D eigenvalue weighted by atomic mass is 9.93. The molecule has 23 heavy (non-hydrogen) atoms. The Hall–Kier alpha value is -2.07. The molecule has 0 aliphatic heterocycles. The van der Waals surface area contributed by atoms with Gasteiger partial charge in [0, 0.05) is 12.6 Å². The standard InChI is InChI=1S/C19H24N2O2/c22-17-10-8-16(9-11-17)21-19(23)20-13-12-15-6-3-5-14-4-1-2-7-18(14)15/h1-7,16-17,22H,8-13H2,(H2,20,21,23). The highest BCUT2D eigenvalue weighted by molar-refractivity contribution is 5.85. The van der Waals surface area contributed by atoms with E-state index in [1.54, 1.807) is 0 Å². The number of amides is 2. The Labute approximate surface area is 136 Å². The Bertz CT molecular complexity index is 658. The van der Waals surface area contributed by atoms with Crippen LogP contribution in [-0.2, 0) is 6.42 Å². The SMILES string of the molecule is O=C(NCCc1cccc2ccccc12)NC1CCC(O)CC1. The summed E-state index contributed by atoms with van der Waals surface area (Å²) in [5, 5.41) is 17.9. The van der Waals surface area contributed by atoms with E-state index in [1.165, 1.54) is 16.3 Å². The molecule has 0 saturated heterocycles. The van der Waals surface area contributed by atoms with Crippen LogP contribution in [-0.4, -0.2) is 29.8 Å². The number of benzene rings is 2. The number of aliphatic hydroxyl groups is 1. The molecule has 0 radical (unpaired) electrons. The van der Waals surface area contributed by atoms with Crippen molar-refractivity contribution in [2.24, 2.45) is 0 Å². The Kier molecular flexibility index (Phi) is 5.13. The summed E-state index contributed by atoms with van der Waals surface area (Å²) in [5.41, 5.74) is 1.25. The Morgan fingerprint density at radius 3 is 2.61 bits per heavy atom. The molecule has 1 aliphatic rings. The van der Waals surface area contributed by atoms with Crippen LogP contribution in [0.1, 0.15) is 31.2 Å². The summed E-state index contributed by atoms with van der Waals surface area (Å²) in [4.78, 5) is 12.0. The van der Waals surface area contributed by atoms with Crippen molar-refractivity contribution in [3.05, 3.63) is 48.0 Å². The fourth-order valence-electron chi connectivity index (χ4n) is 3.28. The molecule has 1 saturated carbocycles. The fraction of sp³-hybridized carbons (Fsp3) is 0.421. The van der Waals surface area contributed by atoms with E-state index in [4.69, 9.17) is 0 Å². The summed E-state index contributed by atoms with van der Waals surface area (Å²) in [7, 11) is 0. The van der Waals surface area contributed by atoms with Gasteiger partial charge in [0.25, 0.3) is 0 Å². The van der Waals surface area contributed by atoms with Crippen molar-refractivity contribution in [3.63, 3.8) is 0 Å². The zero-order valence-corrected chi connectivity index (χ0v) is 13.3. The molecule has 0 aromatic heterocycles. The van der Waals surface area contributed by atoms with Gasteiger partial charge in [0.1, 0.15) is 0 Å². The van der Waals surface area contributed by atoms with Crippen molar-refractivity contribution in [2.45, 2.75) is 44.2 Å². The number of carbonyl (C=O) groups excluding carboxylic acids is 1. The zero-order chi connectivity index (χ0) is 16.1. The lowest BCUT2D eigenvalue weighted by Gasteiger charge is -2.26. The summed E-state index contributed by atoms with van der Waals surface area (Å²) in [6.07, 6.45) is 3.90. The van der Waals surface area contributed by atoms with Gasteiger partial charge in [-0.05, 0) is 48.4 Å². The van der Waals surface area contributed by atoms with Crippen LogP contribution in [0.4, 0.5) is 4.79 Å². The summed E-state index contributed by atoms with van der Waals surface area (Å²) in [6, 6.07) is 14.7. The molecule has 122 valence electrons. The topological polar surface area (TPSA) is 61.4 Å². The Balaban J connectivity index is 1.48. The van der Waals surface area contributed by atoms with Crippen LogP contribution in [0.15, 0.2) is 42.5 Å². The molecule has 4 heteroatoms. The van der Waals surface area contributed by atoms with Gasteiger partial charge in [-0.15, -0.1) is 0 Å². The third kappa shape index (κ3) is 4.23. The number of fused-ring (bicyclic) bond motifs is 1. The highest BCUT2D eigenvalue weighted by Crippen LogP contribution is 2.19. The molecule has 2 aromatic rings. The van der Waals surface area contributed by atoms with Crippen LogP contribution < -0.4 is 10.6 Å². The molecule has 3 rings (SSSR count). The maximum Gasteiger partial charge on any atom is 0.315 e. The molecule has 1 aliphatic carbocycles. The highest BCUT2D eigenvalue weighted by atomic mass is 16.3. The third-order valence-electron chi connectivity index (χ3n) is 4.59. The van der Waals surface area contributed by atoms with Crippen molar-refractivity contribution in [3.8, 4) is 0 Å². The molecule has 0 spiro atoms. The minimum Gasteiger partial charge on any atom is -0.393 e. The van der Waals surface area contributed by atoms with Crippen LogP contribution >= 0.6 is 0 Å². The summed E-state index contributed by atoms with van der Waals surface area (Å²) >= 11 is 0. The molecule has 2 aromatic carbocycles.